The van der Waals surface area contributed by atoms with Crippen molar-refractivity contribution < 1.29 is 9.84 Å². The summed E-state index contributed by atoms with van der Waals surface area (Å²) in [6, 6.07) is 7.55. The minimum absolute atomic E-state index is 0.487. The first-order valence-corrected chi connectivity index (χ1v) is 7.00. The lowest BCUT2D eigenvalue weighted by Gasteiger charge is -2.13. The van der Waals surface area contributed by atoms with E-state index in [1.165, 1.54) is 12.8 Å². The van der Waals surface area contributed by atoms with Crippen LogP contribution < -0.4 is 15.8 Å². The van der Waals surface area contributed by atoms with E-state index in [-0.39, 0.29) is 0 Å². The highest BCUT2D eigenvalue weighted by molar-refractivity contribution is 5.29. The predicted octanol–water partition coefficient (Wildman–Crippen LogP) is 1.84. The monoisotopic (exact) mass is 266 g/mol. The smallest absolute Gasteiger partial charge is 0.119 e. The van der Waals surface area contributed by atoms with Gasteiger partial charge in [0.05, 0.1) is 13.2 Å². The van der Waals surface area contributed by atoms with Crippen LogP contribution in [0.25, 0.3) is 0 Å². The molecule has 0 amide bonds. The Kier molecular flexibility index (Phi) is 8.21. The van der Waals surface area contributed by atoms with Gasteiger partial charge in [-0.05, 0) is 43.6 Å². The van der Waals surface area contributed by atoms with Gasteiger partial charge in [0.1, 0.15) is 5.75 Å². The first kappa shape index (κ1) is 16.0. The van der Waals surface area contributed by atoms with Gasteiger partial charge in [0.25, 0.3) is 0 Å². The Morgan fingerprint density at radius 1 is 1.26 bits per heavy atom. The van der Waals surface area contributed by atoms with Crippen molar-refractivity contribution in [2.75, 3.05) is 26.7 Å². The second-order valence-corrected chi connectivity index (χ2v) is 4.70. The lowest BCUT2D eigenvalue weighted by molar-refractivity contribution is 0.174. The zero-order chi connectivity index (χ0) is 13.9. The molecule has 1 aromatic rings. The van der Waals surface area contributed by atoms with E-state index in [1.54, 1.807) is 7.11 Å². The first-order valence-electron chi connectivity index (χ1n) is 7.00. The molecule has 108 valence electrons. The van der Waals surface area contributed by atoms with E-state index in [4.69, 9.17) is 10.5 Å². The summed E-state index contributed by atoms with van der Waals surface area (Å²) in [4.78, 5) is 0. The maximum absolute atomic E-state index is 10.0. The maximum atomic E-state index is 10.0. The Hall–Kier alpha value is -1.10. The highest BCUT2D eigenvalue weighted by atomic mass is 16.5. The molecule has 0 radical (unpaired) electrons. The van der Waals surface area contributed by atoms with E-state index < -0.39 is 6.10 Å². The molecule has 0 aliphatic carbocycles. The molecule has 0 heterocycles. The van der Waals surface area contributed by atoms with Crippen LogP contribution in [0.4, 0.5) is 0 Å². The minimum Gasteiger partial charge on any atom is -0.497 e. The van der Waals surface area contributed by atoms with E-state index in [1.807, 2.05) is 24.3 Å². The molecule has 4 N–H and O–H groups in total. The highest BCUT2D eigenvalue weighted by Crippen LogP contribution is 2.18. The number of nitrogens with two attached hydrogens (primary N) is 1. The highest BCUT2D eigenvalue weighted by Gasteiger charge is 2.07. The van der Waals surface area contributed by atoms with Crippen LogP contribution in [-0.4, -0.2) is 31.9 Å². The van der Waals surface area contributed by atoms with Crippen molar-refractivity contribution in [3.05, 3.63) is 29.8 Å². The third-order valence-corrected chi connectivity index (χ3v) is 3.12. The van der Waals surface area contributed by atoms with Crippen LogP contribution in [0.15, 0.2) is 24.3 Å². The summed E-state index contributed by atoms with van der Waals surface area (Å²) in [6.45, 7) is 2.29. The van der Waals surface area contributed by atoms with E-state index in [2.05, 4.69) is 5.32 Å². The van der Waals surface area contributed by atoms with Gasteiger partial charge in [-0.1, -0.05) is 25.0 Å². The molecule has 1 unspecified atom stereocenters. The van der Waals surface area contributed by atoms with Crippen LogP contribution in [0, 0.1) is 0 Å². The van der Waals surface area contributed by atoms with Crippen LogP contribution >= 0.6 is 0 Å². The van der Waals surface area contributed by atoms with E-state index >= 15 is 0 Å². The fraction of sp³-hybridized carbons (Fsp3) is 0.600. The van der Waals surface area contributed by atoms with Gasteiger partial charge in [-0.2, -0.15) is 0 Å². The molecule has 1 atom stereocenters. The summed E-state index contributed by atoms with van der Waals surface area (Å²) in [5, 5.41) is 13.3. The van der Waals surface area contributed by atoms with Crippen molar-refractivity contribution in [1.29, 1.82) is 0 Å². The van der Waals surface area contributed by atoms with Gasteiger partial charge < -0.3 is 20.9 Å². The quantitative estimate of drug-likeness (QED) is 0.565. The van der Waals surface area contributed by atoms with Crippen LogP contribution in [0.5, 0.6) is 5.75 Å². The number of hydrogen-bond acceptors (Lipinski definition) is 4. The summed E-state index contributed by atoms with van der Waals surface area (Å²) >= 11 is 0. The predicted molar refractivity (Wildman–Crippen MR) is 78.3 cm³/mol. The largest absolute Gasteiger partial charge is 0.497 e. The van der Waals surface area contributed by atoms with Crippen LogP contribution in [0.1, 0.15) is 37.4 Å². The molecular formula is C15H26N2O2. The number of unbranched alkanes of at least 4 members (excludes halogenated alkanes) is 3. The van der Waals surface area contributed by atoms with Crippen LogP contribution in [0.2, 0.25) is 0 Å². The SMILES string of the molecule is COc1cccc(C(O)CNCCCCCCN)c1. The Morgan fingerprint density at radius 2 is 2.05 bits per heavy atom. The Balaban J connectivity index is 2.18. The average Bonchev–Trinajstić information content (AvgIpc) is 2.46. The third kappa shape index (κ3) is 6.57. The molecule has 4 heteroatoms. The van der Waals surface area contributed by atoms with Crippen molar-refractivity contribution in [3.8, 4) is 5.75 Å². The van der Waals surface area contributed by atoms with Crippen molar-refractivity contribution in [2.24, 2.45) is 5.73 Å². The van der Waals surface area contributed by atoms with Gasteiger partial charge in [-0.25, -0.2) is 0 Å². The summed E-state index contributed by atoms with van der Waals surface area (Å²) in [5.41, 5.74) is 6.32. The average molecular weight is 266 g/mol. The second-order valence-electron chi connectivity index (χ2n) is 4.70. The number of rotatable bonds is 10. The molecule has 0 aliphatic heterocycles. The Labute approximate surface area is 116 Å². The number of ether oxygens (including phenoxy) is 1. The fourth-order valence-corrected chi connectivity index (χ4v) is 1.95. The maximum Gasteiger partial charge on any atom is 0.119 e. The second kappa shape index (κ2) is 9.78. The summed E-state index contributed by atoms with van der Waals surface area (Å²) in [6.07, 6.45) is 4.13. The van der Waals surface area contributed by atoms with Crippen molar-refractivity contribution >= 4 is 0 Å². The van der Waals surface area contributed by atoms with Gasteiger partial charge in [0.15, 0.2) is 0 Å². The van der Waals surface area contributed by atoms with Crippen molar-refractivity contribution in [3.63, 3.8) is 0 Å². The molecule has 0 aliphatic rings. The standard InChI is InChI=1S/C15H26N2O2/c1-19-14-8-6-7-13(11-14)15(18)12-17-10-5-3-2-4-9-16/h6-8,11,15,17-18H,2-5,9-10,12,16H2,1H3. The van der Waals surface area contributed by atoms with Gasteiger partial charge in [-0.3, -0.25) is 0 Å². The van der Waals surface area contributed by atoms with E-state index in [9.17, 15) is 5.11 Å². The number of methoxy groups -OCH3 is 1. The van der Waals surface area contributed by atoms with Crippen molar-refractivity contribution in [2.45, 2.75) is 31.8 Å². The molecule has 1 aromatic carbocycles. The topological polar surface area (TPSA) is 67.5 Å². The zero-order valence-electron chi connectivity index (χ0n) is 11.8. The van der Waals surface area contributed by atoms with Gasteiger partial charge in [-0.15, -0.1) is 0 Å². The minimum atomic E-state index is -0.487. The number of benzene rings is 1. The van der Waals surface area contributed by atoms with Crippen LogP contribution in [-0.2, 0) is 0 Å². The number of aliphatic hydroxyl groups excluding tert-OH is 1. The van der Waals surface area contributed by atoms with Gasteiger partial charge in [0.2, 0.25) is 0 Å². The number of aliphatic hydroxyl groups is 1. The molecule has 0 fully saturated rings. The molecule has 0 saturated carbocycles. The summed E-state index contributed by atoms with van der Waals surface area (Å²) in [7, 11) is 1.63. The summed E-state index contributed by atoms with van der Waals surface area (Å²) in [5.74, 6) is 0.776. The molecule has 0 spiro atoms. The zero-order valence-corrected chi connectivity index (χ0v) is 11.8. The Morgan fingerprint density at radius 3 is 2.79 bits per heavy atom. The lowest BCUT2D eigenvalue weighted by atomic mass is 10.1. The van der Waals surface area contributed by atoms with Gasteiger partial charge in [0, 0.05) is 6.54 Å². The van der Waals surface area contributed by atoms with E-state index in [0.717, 1.165) is 37.2 Å². The molecular weight excluding hydrogens is 240 g/mol. The normalized spacial score (nSPS) is 12.4. The molecule has 0 saturated heterocycles. The molecule has 0 bridgehead atoms. The summed E-state index contributed by atoms with van der Waals surface area (Å²) < 4.78 is 5.14. The molecule has 19 heavy (non-hydrogen) atoms. The molecule has 4 nitrogen and oxygen atoms in total. The number of hydrogen-bond donors (Lipinski definition) is 3. The Bertz CT molecular complexity index is 345. The van der Waals surface area contributed by atoms with Crippen molar-refractivity contribution in [1.82, 2.24) is 5.32 Å². The fourth-order valence-electron chi connectivity index (χ4n) is 1.95. The van der Waals surface area contributed by atoms with Crippen LogP contribution in [0.3, 0.4) is 0 Å². The first-order chi connectivity index (χ1) is 9.27. The third-order valence-electron chi connectivity index (χ3n) is 3.12. The molecule has 0 aromatic heterocycles. The lowest BCUT2D eigenvalue weighted by Crippen LogP contribution is -2.22. The molecule has 1 rings (SSSR count). The van der Waals surface area contributed by atoms with E-state index in [0.29, 0.717) is 6.54 Å². The van der Waals surface area contributed by atoms with Gasteiger partial charge >= 0.3 is 0 Å². The number of nitrogens with one attached hydrogen (secondary N) is 1.